The summed E-state index contributed by atoms with van der Waals surface area (Å²) in [6.45, 7) is 3.76. The summed E-state index contributed by atoms with van der Waals surface area (Å²) in [5.74, 6) is 0.831. The lowest BCUT2D eigenvalue weighted by Gasteiger charge is -1.90. The highest BCUT2D eigenvalue weighted by Crippen LogP contribution is 2.15. The maximum atomic E-state index is 9.26. The molecule has 2 aromatic heterocycles. The summed E-state index contributed by atoms with van der Waals surface area (Å²) in [7, 11) is 0. The molecule has 0 saturated heterocycles. The lowest BCUT2D eigenvalue weighted by Crippen LogP contribution is -1.90. The van der Waals surface area contributed by atoms with Crippen LogP contribution in [0.1, 0.15) is 22.2 Å². The minimum absolute atomic E-state index is 0.0759. The monoisotopic (exact) mass is 209 g/mol. The zero-order valence-electron chi connectivity index (χ0n) is 8.03. The number of aromatic nitrogens is 3. The Hall–Kier alpha value is -1.36. The van der Waals surface area contributed by atoms with Crippen LogP contribution in [0.2, 0.25) is 0 Å². The Kier molecular flexibility index (Phi) is 2.25. The molecular weight excluding hydrogens is 198 g/mol. The number of aryl methyl sites for hydroxylation is 2. The van der Waals surface area contributed by atoms with Gasteiger partial charge in [-0.1, -0.05) is 0 Å². The van der Waals surface area contributed by atoms with E-state index in [1.165, 1.54) is 0 Å². The average Bonchev–Trinajstić information content (AvgIpc) is 2.62. The standard InChI is InChI=1S/C9H11N3OS/c1-5-9(13)12-8(10-5)3-7-4-14-6(2)11-7/h4,13H,3H2,1-2H3,(H,10,12). The van der Waals surface area contributed by atoms with Gasteiger partial charge in [0.1, 0.15) is 5.82 Å². The Morgan fingerprint density at radius 3 is 2.71 bits per heavy atom. The normalized spacial score (nSPS) is 10.7. The van der Waals surface area contributed by atoms with Crippen molar-refractivity contribution in [2.45, 2.75) is 20.3 Å². The van der Waals surface area contributed by atoms with Crippen LogP contribution in [0.5, 0.6) is 5.88 Å². The predicted molar refractivity (Wildman–Crippen MR) is 54.6 cm³/mol. The summed E-state index contributed by atoms with van der Waals surface area (Å²) in [6, 6.07) is 0. The second kappa shape index (κ2) is 3.42. The van der Waals surface area contributed by atoms with Crippen molar-refractivity contribution in [2.24, 2.45) is 0 Å². The molecule has 2 rings (SSSR count). The fourth-order valence-electron chi connectivity index (χ4n) is 1.26. The van der Waals surface area contributed by atoms with Crippen molar-refractivity contribution in [3.63, 3.8) is 0 Å². The first-order valence-corrected chi connectivity index (χ1v) is 5.18. The van der Waals surface area contributed by atoms with E-state index in [9.17, 15) is 5.11 Å². The Morgan fingerprint density at radius 2 is 2.21 bits per heavy atom. The van der Waals surface area contributed by atoms with Crippen LogP contribution < -0.4 is 0 Å². The lowest BCUT2D eigenvalue weighted by molar-refractivity contribution is 0.451. The van der Waals surface area contributed by atoms with Crippen molar-refractivity contribution < 1.29 is 5.11 Å². The van der Waals surface area contributed by atoms with E-state index in [1.807, 2.05) is 12.3 Å². The van der Waals surface area contributed by atoms with Gasteiger partial charge >= 0.3 is 0 Å². The molecule has 2 aromatic rings. The smallest absolute Gasteiger partial charge is 0.232 e. The van der Waals surface area contributed by atoms with Crippen molar-refractivity contribution >= 4 is 11.3 Å². The van der Waals surface area contributed by atoms with E-state index in [0.29, 0.717) is 12.1 Å². The van der Waals surface area contributed by atoms with Gasteiger partial charge in [0.05, 0.1) is 16.4 Å². The molecule has 0 aromatic carbocycles. The number of hydrogen-bond acceptors (Lipinski definition) is 4. The number of H-pyrrole nitrogens is 1. The zero-order valence-corrected chi connectivity index (χ0v) is 8.85. The van der Waals surface area contributed by atoms with Gasteiger partial charge in [-0.3, -0.25) is 0 Å². The number of aromatic hydroxyl groups is 1. The SMILES string of the molecule is Cc1nc(Cc2nc(O)c(C)[nH]2)cs1. The molecule has 0 spiro atoms. The van der Waals surface area contributed by atoms with Crippen LogP contribution in [0, 0.1) is 13.8 Å². The zero-order chi connectivity index (χ0) is 10.1. The number of imidazole rings is 1. The van der Waals surface area contributed by atoms with Crippen LogP contribution in [0.3, 0.4) is 0 Å². The molecule has 0 fully saturated rings. The Balaban J connectivity index is 2.18. The van der Waals surface area contributed by atoms with Crippen molar-refractivity contribution in [1.82, 2.24) is 15.0 Å². The quantitative estimate of drug-likeness (QED) is 0.792. The van der Waals surface area contributed by atoms with E-state index in [2.05, 4.69) is 15.0 Å². The molecule has 0 saturated carbocycles. The van der Waals surface area contributed by atoms with Crippen LogP contribution >= 0.6 is 11.3 Å². The first kappa shape index (κ1) is 9.21. The number of nitrogens with zero attached hydrogens (tertiary/aromatic N) is 2. The minimum atomic E-state index is 0.0759. The van der Waals surface area contributed by atoms with Gasteiger partial charge in [-0.2, -0.15) is 4.98 Å². The van der Waals surface area contributed by atoms with Crippen LogP contribution in [0.4, 0.5) is 0 Å². The second-order valence-corrected chi connectivity index (χ2v) is 4.23. The molecular formula is C9H11N3OS. The van der Waals surface area contributed by atoms with E-state index in [4.69, 9.17) is 0 Å². The highest BCUT2D eigenvalue weighted by atomic mass is 32.1. The molecule has 14 heavy (non-hydrogen) atoms. The lowest BCUT2D eigenvalue weighted by atomic mass is 10.3. The van der Waals surface area contributed by atoms with Crippen LogP contribution in [0.15, 0.2) is 5.38 Å². The maximum absolute atomic E-state index is 9.26. The van der Waals surface area contributed by atoms with E-state index in [-0.39, 0.29) is 5.88 Å². The highest BCUT2D eigenvalue weighted by Gasteiger charge is 2.07. The summed E-state index contributed by atoms with van der Waals surface area (Å²) < 4.78 is 0. The van der Waals surface area contributed by atoms with Crippen molar-refractivity contribution in [1.29, 1.82) is 0 Å². The van der Waals surface area contributed by atoms with Crippen LogP contribution in [-0.2, 0) is 6.42 Å². The summed E-state index contributed by atoms with van der Waals surface area (Å²) in [5.41, 5.74) is 1.69. The van der Waals surface area contributed by atoms with Crippen molar-refractivity contribution in [3.8, 4) is 5.88 Å². The summed E-state index contributed by atoms with van der Waals surface area (Å²) >= 11 is 1.62. The fourth-order valence-corrected chi connectivity index (χ4v) is 1.87. The average molecular weight is 209 g/mol. The third kappa shape index (κ3) is 1.77. The van der Waals surface area contributed by atoms with E-state index in [1.54, 1.807) is 18.3 Å². The number of nitrogens with one attached hydrogen (secondary N) is 1. The Bertz CT molecular complexity index is 427. The molecule has 2 heterocycles. The van der Waals surface area contributed by atoms with E-state index >= 15 is 0 Å². The number of rotatable bonds is 2. The van der Waals surface area contributed by atoms with Gasteiger partial charge < -0.3 is 10.1 Å². The fraction of sp³-hybridized carbons (Fsp3) is 0.333. The summed E-state index contributed by atoms with van der Waals surface area (Å²) in [6.07, 6.45) is 0.645. The van der Waals surface area contributed by atoms with Crippen LogP contribution in [-0.4, -0.2) is 20.1 Å². The molecule has 0 radical (unpaired) electrons. The van der Waals surface area contributed by atoms with Gasteiger partial charge in [0.2, 0.25) is 5.88 Å². The third-order valence-electron chi connectivity index (χ3n) is 1.92. The largest absolute Gasteiger partial charge is 0.492 e. The Labute approximate surface area is 85.7 Å². The van der Waals surface area contributed by atoms with Gasteiger partial charge in [-0.25, -0.2) is 4.98 Å². The number of thiazole rings is 1. The van der Waals surface area contributed by atoms with Crippen LogP contribution in [0.25, 0.3) is 0 Å². The molecule has 5 heteroatoms. The highest BCUT2D eigenvalue weighted by molar-refractivity contribution is 7.09. The summed E-state index contributed by atoms with van der Waals surface area (Å²) in [5, 5.41) is 12.3. The number of hydrogen-bond donors (Lipinski definition) is 2. The Morgan fingerprint density at radius 1 is 1.43 bits per heavy atom. The molecule has 0 unspecified atom stereocenters. The van der Waals surface area contributed by atoms with Gasteiger partial charge in [0, 0.05) is 11.8 Å². The molecule has 0 atom stereocenters. The molecule has 0 aliphatic rings. The van der Waals surface area contributed by atoms with Crippen molar-refractivity contribution in [2.75, 3.05) is 0 Å². The first-order valence-electron chi connectivity index (χ1n) is 4.30. The molecule has 74 valence electrons. The molecule has 4 nitrogen and oxygen atoms in total. The van der Waals surface area contributed by atoms with E-state index < -0.39 is 0 Å². The molecule has 0 aliphatic heterocycles. The molecule has 0 aliphatic carbocycles. The molecule has 2 N–H and O–H groups in total. The molecule has 0 bridgehead atoms. The minimum Gasteiger partial charge on any atom is -0.492 e. The summed E-state index contributed by atoms with van der Waals surface area (Å²) in [4.78, 5) is 11.3. The third-order valence-corrected chi connectivity index (χ3v) is 2.75. The van der Waals surface area contributed by atoms with Gasteiger partial charge in [0.15, 0.2) is 0 Å². The molecule has 0 amide bonds. The van der Waals surface area contributed by atoms with Gasteiger partial charge in [0.25, 0.3) is 0 Å². The maximum Gasteiger partial charge on any atom is 0.232 e. The van der Waals surface area contributed by atoms with Gasteiger partial charge in [-0.05, 0) is 13.8 Å². The van der Waals surface area contributed by atoms with Crippen molar-refractivity contribution in [3.05, 3.63) is 27.6 Å². The second-order valence-electron chi connectivity index (χ2n) is 3.17. The number of aromatic amines is 1. The van der Waals surface area contributed by atoms with Gasteiger partial charge in [-0.15, -0.1) is 11.3 Å². The topological polar surface area (TPSA) is 61.8 Å². The predicted octanol–water partition coefficient (Wildman–Crippen LogP) is 1.78. The van der Waals surface area contributed by atoms with E-state index in [0.717, 1.165) is 16.5 Å². The first-order chi connectivity index (χ1) is 6.65.